The van der Waals surface area contributed by atoms with Crippen molar-refractivity contribution in [2.24, 2.45) is 0 Å². The summed E-state index contributed by atoms with van der Waals surface area (Å²) in [4.78, 5) is 0. The van der Waals surface area contributed by atoms with Crippen LogP contribution in [0.5, 0.6) is 5.75 Å². The molecule has 0 aliphatic carbocycles. The second-order valence-corrected chi connectivity index (χ2v) is 12.1. The minimum absolute atomic E-state index is 0.0672. The van der Waals surface area contributed by atoms with Crippen LogP contribution in [0.15, 0.2) is 76.6 Å². The van der Waals surface area contributed by atoms with Crippen LogP contribution >= 0.6 is 27.3 Å². The summed E-state index contributed by atoms with van der Waals surface area (Å²) in [6, 6.07) is 19.5. The lowest BCUT2D eigenvalue weighted by atomic mass is 9.78. The molecule has 0 atom stereocenters. The standard InChI is InChI=1S/C25H22BrF2NO3S2/c1-25(2,17-5-4-6-22(14-17)32-24(27)28)18-12-19(26)15-21(13-18)29(34(3,30)31)20-7-8-23-16(11-20)9-10-33-23/h4-15,24H,1-3H3. The Labute approximate surface area is 210 Å². The zero-order chi connectivity index (χ0) is 24.7. The first-order valence-corrected chi connectivity index (χ1v) is 13.8. The number of sulfonamides is 1. The molecule has 0 unspecified atom stereocenters. The average Bonchev–Trinajstić information content (AvgIpc) is 3.20. The third kappa shape index (κ3) is 5.11. The molecule has 0 amide bonds. The van der Waals surface area contributed by atoms with Crippen LogP contribution in [0.3, 0.4) is 0 Å². The molecule has 0 spiro atoms. The first-order valence-electron chi connectivity index (χ1n) is 10.3. The largest absolute Gasteiger partial charge is 0.435 e. The SMILES string of the molecule is CC(C)(c1cccc(OC(F)F)c1)c1cc(Br)cc(N(c2ccc3sccc3c2)S(C)(=O)=O)c1. The molecule has 9 heteroatoms. The van der Waals surface area contributed by atoms with Crippen molar-refractivity contribution in [1.29, 1.82) is 0 Å². The van der Waals surface area contributed by atoms with Crippen LogP contribution in [-0.4, -0.2) is 21.3 Å². The number of rotatable bonds is 7. The molecule has 34 heavy (non-hydrogen) atoms. The van der Waals surface area contributed by atoms with Crippen molar-refractivity contribution in [2.45, 2.75) is 25.9 Å². The van der Waals surface area contributed by atoms with Gasteiger partial charge < -0.3 is 4.74 Å². The van der Waals surface area contributed by atoms with Crippen molar-refractivity contribution >= 4 is 58.8 Å². The van der Waals surface area contributed by atoms with Crippen molar-refractivity contribution in [3.63, 3.8) is 0 Å². The summed E-state index contributed by atoms with van der Waals surface area (Å²) in [6.07, 6.45) is 1.17. The van der Waals surface area contributed by atoms with Gasteiger partial charge in [0.1, 0.15) is 5.75 Å². The first-order chi connectivity index (χ1) is 15.9. The van der Waals surface area contributed by atoms with Crippen LogP contribution in [0.1, 0.15) is 25.0 Å². The predicted octanol–water partition coefficient (Wildman–Crippen LogP) is 7.69. The Morgan fingerprint density at radius 2 is 1.74 bits per heavy atom. The fourth-order valence-corrected chi connectivity index (χ4v) is 6.13. The maximum atomic E-state index is 12.9. The van der Waals surface area contributed by atoms with Gasteiger partial charge in [0, 0.05) is 14.6 Å². The Morgan fingerprint density at radius 1 is 0.971 bits per heavy atom. The van der Waals surface area contributed by atoms with Crippen LogP contribution in [0.4, 0.5) is 20.2 Å². The van der Waals surface area contributed by atoms with Gasteiger partial charge in [-0.25, -0.2) is 12.7 Å². The van der Waals surface area contributed by atoms with Crippen LogP contribution in [0.25, 0.3) is 10.1 Å². The van der Waals surface area contributed by atoms with Gasteiger partial charge >= 0.3 is 6.61 Å². The van der Waals surface area contributed by atoms with E-state index in [9.17, 15) is 17.2 Å². The molecule has 1 heterocycles. The summed E-state index contributed by atoms with van der Waals surface area (Å²) in [7, 11) is -3.67. The van der Waals surface area contributed by atoms with E-state index in [-0.39, 0.29) is 5.75 Å². The molecule has 4 rings (SSSR count). The fourth-order valence-electron chi connectivity index (χ4n) is 3.89. The second kappa shape index (κ2) is 9.28. The van der Waals surface area contributed by atoms with Gasteiger partial charge in [-0.1, -0.05) is 41.9 Å². The number of anilines is 2. The molecule has 0 bridgehead atoms. The molecule has 0 fully saturated rings. The van der Waals surface area contributed by atoms with E-state index in [4.69, 9.17) is 0 Å². The molecule has 4 nitrogen and oxygen atoms in total. The Morgan fingerprint density at radius 3 is 2.44 bits per heavy atom. The molecular formula is C25H22BrF2NO3S2. The molecule has 178 valence electrons. The van der Waals surface area contributed by atoms with Gasteiger partial charge in [0.05, 0.1) is 17.6 Å². The van der Waals surface area contributed by atoms with E-state index in [1.54, 1.807) is 35.6 Å². The summed E-state index contributed by atoms with van der Waals surface area (Å²) in [5.74, 6) is 0.0672. The number of hydrogen-bond donors (Lipinski definition) is 0. The maximum absolute atomic E-state index is 12.9. The molecule has 0 aliphatic rings. The number of nitrogens with zero attached hydrogens (tertiary/aromatic N) is 1. The molecule has 0 aliphatic heterocycles. The van der Waals surface area contributed by atoms with Crippen LogP contribution in [0, 0.1) is 0 Å². The number of fused-ring (bicyclic) bond motifs is 1. The topological polar surface area (TPSA) is 46.6 Å². The fraction of sp³-hybridized carbons (Fsp3) is 0.200. The number of benzene rings is 3. The van der Waals surface area contributed by atoms with E-state index in [1.807, 2.05) is 55.6 Å². The molecule has 1 aromatic heterocycles. The quantitative estimate of drug-likeness (QED) is 0.231. The summed E-state index contributed by atoms with van der Waals surface area (Å²) >= 11 is 5.11. The van der Waals surface area contributed by atoms with E-state index in [2.05, 4.69) is 20.7 Å². The summed E-state index contributed by atoms with van der Waals surface area (Å²) in [5.41, 5.74) is 1.91. The van der Waals surface area contributed by atoms with Crippen LogP contribution in [-0.2, 0) is 15.4 Å². The highest BCUT2D eigenvalue weighted by atomic mass is 79.9. The Hall–Kier alpha value is -2.49. The van der Waals surface area contributed by atoms with E-state index in [1.165, 1.54) is 16.6 Å². The van der Waals surface area contributed by atoms with Crippen molar-refractivity contribution in [3.8, 4) is 5.75 Å². The lowest BCUT2D eigenvalue weighted by molar-refractivity contribution is -0.0499. The van der Waals surface area contributed by atoms with Gasteiger partial charge in [-0.15, -0.1) is 11.3 Å². The normalized spacial score (nSPS) is 12.3. The summed E-state index contributed by atoms with van der Waals surface area (Å²) in [5, 5.41) is 2.92. The predicted molar refractivity (Wildman–Crippen MR) is 138 cm³/mol. The smallest absolute Gasteiger partial charge is 0.387 e. The Kier molecular flexibility index (Phi) is 6.72. The van der Waals surface area contributed by atoms with Crippen LogP contribution < -0.4 is 9.04 Å². The minimum Gasteiger partial charge on any atom is -0.435 e. The first kappa shape index (κ1) is 24.6. The number of thiophene rings is 1. The van der Waals surface area contributed by atoms with Gasteiger partial charge in [0.2, 0.25) is 10.0 Å². The highest BCUT2D eigenvalue weighted by molar-refractivity contribution is 9.10. The summed E-state index contributed by atoms with van der Waals surface area (Å²) < 4.78 is 58.9. The van der Waals surface area contributed by atoms with Gasteiger partial charge in [0.25, 0.3) is 0 Å². The average molecular weight is 566 g/mol. The van der Waals surface area contributed by atoms with Gasteiger partial charge in [-0.3, -0.25) is 0 Å². The zero-order valence-electron chi connectivity index (χ0n) is 18.6. The third-order valence-electron chi connectivity index (χ3n) is 5.62. The molecule has 0 N–H and O–H groups in total. The van der Waals surface area contributed by atoms with Gasteiger partial charge in [0.15, 0.2) is 0 Å². The van der Waals surface area contributed by atoms with E-state index in [0.29, 0.717) is 15.8 Å². The van der Waals surface area contributed by atoms with Crippen molar-refractivity contribution in [1.82, 2.24) is 0 Å². The van der Waals surface area contributed by atoms with Gasteiger partial charge in [-0.2, -0.15) is 8.78 Å². The Bertz CT molecular complexity index is 1450. The highest BCUT2D eigenvalue weighted by Gasteiger charge is 2.28. The third-order valence-corrected chi connectivity index (χ3v) is 8.06. The van der Waals surface area contributed by atoms with E-state index < -0.39 is 22.0 Å². The van der Waals surface area contributed by atoms with Gasteiger partial charge in [-0.05, 0) is 76.5 Å². The molecule has 3 aromatic carbocycles. The minimum atomic E-state index is -3.67. The van der Waals surface area contributed by atoms with Crippen LogP contribution in [0.2, 0.25) is 0 Å². The van der Waals surface area contributed by atoms with E-state index in [0.717, 1.165) is 21.2 Å². The molecule has 4 aromatic rings. The maximum Gasteiger partial charge on any atom is 0.387 e. The number of hydrogen-bond acceptors (Lipinski definition) is 4. The van der Waals surface area contributed by atoms with Crippen molar-refractivity contribution in [3.05, 3.63) is 87.7 Å². The van der Waals surface area contributed by atoms with E-state index >= 15 is 0 Å². The molecule has 0 radical (unpaired) electrons. The number of ether oxygens (including phenoxy) is 1. The zero-order valence-corrected chi connectivity index (χ0v) is 21.8. The lowest BCUT2D eigenvalue weighted by Crippen LogP contribution is -2.26. The summed E-state index contributed by atoms with van der Waals surface area (Å²) in [6.45, 7) is 0.976. The Balaban J connectivity index is 1.82. The highest BCUT2D eigenvalue weighted by Crippen LogP contribution is 2.40. The lowest BCUT2D eigenvalue weighted by Gasteiger charge is -2.29. The molecule has 0 saturated carbocycles. The molecule has 0 saturated heterocycles. The number of halogens is 3. The molecular weight excluding hydrogens is 544 g/mol. The second-order valence-electron chi connectivity index (χ2n) is 8.40. The number of alkyl halides is 2. The van der Waals surface area contributed by atoms with Crippen molar-refractivity contribution in [2.75, 3.05) is 10.6 Å². The van der Waals surface area contributed by atoms with Crippen molar-refractivity contribution < 1.29 is 21.9 Å². The monoisotopic (exact) mass is 565 g/mol.